The van der Waals surface area contributed by atoms with Crippen molar-refractivity contribution in [2.75, 3.05) is 5.73 Å². The molecule has 0 amide bonds. The minimum Gasteiger partial charge on any atom is -0.481 e. The molecule has 3 rings (SSSR count). The molecule has 38 heavy (non-hydrogen) atoms. The van der Waals surface area contributed by atoms with Gasteiger partial charge in [-0.25, -0.2) is 27.6 Å². The molecule has 0 aromatic heterocycles. The van der Waals surface area contributed by atoms with Crippen LogP contribution in [0.5, 0.6) is 0 Å². The highest BCUT2D eigenvalue weighted by Crippen LogP contribution is 2.26. The number of nitrogens with two attached hydrogens (primary N) is 1. The lowest BCUT2D eigenvalue weighted by Gasteiger charge is -2.03. The smallest absolute Gasteiger partial charge is 0.337 e. The highest BCUT2D eigenvalue weighted by atomic mass is 127. The third-order valence-corrected chi connectivity index (χ3v) is 5.90. The Morgan fingerprint density at radius 2 is 1.29 bits per heavy atom. The van der Waals surface area contributed by atoms with Crippen LogP contribution in [0.15, 0.2) is 46.9 Å². The van der Waals surface area contributed by atoms with E-state index in [0.717, 1.165) is 3.57 Å². The Balaban J connectivity index is 0.000000285. The number of halogens is 6. The van der Waals surface area contributed by atoms with Crippen molar-refractivity contribution < 1.29 is 52.8 Å². The molecule has 3 aromatic carbocycles. The van der Waals surface area contributed by atoms with Gasteiger partial charge in [-0.1, -0.05) is 17.7 Å². The molecule has 15 heteroatoms. The number of anilines is 1. The molecule has 0 bridgehead atoms. The van der Waals surface area contributed by atoms with E-state index in [1.54, 1.807) is 6.07 Å². The number of carboxylic acids is 4. The topological polar surface area (TPSA) is 175 Å². The number of carboxylic acid groups (broad SMARTS) is 4. The van der Waals surface area contributed by atoms with Gasteiger partial charge in [0.05, 0.1) is 33.8 Å². The van der Waals surface area contributed by atoms with Gasteiger partial charge in [0.25, 0.3) is 0 Å². The molecule has 6 N–H and O–H groups in total. The van der Waals surface area contributed by atoms with E-state index >= 15 is 0 Å². The number of hydrogen-bond donors (Lipinski definition) is 5. The van der Waals surface area contributed by atoms with Crippen molar-refractivity contribution in [1.29, 1.82) is 0 Å². The summed E-state index contributed by atoms with van der Waals surface area (Å²) in [6, 6.07) is 8.01. The highest BCUT2D eigenvalue weighted by molar-refractivity contribution is 14.1. The van der Waals surface area contributed by atoms with Crippen LogP contribution in [0.2, 0.25) is 5.02 Å². The molecule has 0 saturated heterocycles. The number of carbonyl (C=O) groups is 4. The van der Waals surface area contributed by atoms with Crippen molar-refractivity contribution >= 4 is 79.7 Å². The van der Waals surface area contributed by atoms with Crippen molar-refractivity contribution in [3.63, 3.8) is 0 Å². The number of aromatic carboxylic acids is 3. The second-order valence-corrected chi connectivity index (χ2v) is 9.33. The quantitative estimate of drug-likeness (QED) is 0.160. The van der Waals surface area contributed by atoms with Crippen molar-refractivity contribution in [2.24, 2.45) is 0 Å². The summed E-state index contributed by atoms with van der Waals surface area (Å²) in [5.74, 6) is -8.29. The summed E-state index contributed by atoms with van der Waals surface area (Å²) in [5.41, 5.74) is 4.88. The van der Waals surface area contributed by atoms with Gasteiger partial charge in [0, 0.05) is 25.7 Å². The Morgan fingerprint density at radius 1 is 0.842 bits per heavy atom. The van der Waals surface area contributed by atoms with Gasteiger partial charge < -0.3 is 26.2 Å². The molecule has 0 atom stereocenters. The van der Waals surface area contributed by atoms with Crippen molar-refractivity contribution in [1.82, 2.24) is 0 Å². The summed E-state index contributed by atoms with van der Waals surface area (Å²) in [6.07, 6.45) is -0.794. The molecule has 0 saturated carbocycles. The molecule has 0 unspecified atom stereocenters. The van der Waals surface area contributed by atoms with Crippen LogP contribution in [0, 0.1) is 21.0 Å². The van der Waals surface area contributed by atoms with Gasteiger partial charge in [0.2, 0.25) is 0 Å². The number of hydrogen-bond acceptors (Lipinski definition) is 5. The summed E-state index contributed by atoms with van der Waals surface area (Å²) in [4.78, 5) is 41.8. The van der Waals surface area contributed by atoms with Gasteiger partial charge in [-0.3, -0.25) is 4.79 Å². The number of benzene rings is 3. The maximum absolute atomic E-state index is 12.7. The fourth-order valence-corrected chi connectivity index (χ4v) is 4.31. The third-order valence-electron chi connectivity index (χ3n) is 4.22. The zero-order valence-corrected chi connectivity index (χ0v) is 23.0. The van der Waals surface area contributed by atoms with E-state index in [2.05, 4.69) is 15.9 Å². The van der Waals surface area contributed by atoms with E-state index < -0.39 is 53.3 Å². The highest BCUT2D eigenvalue weighted by Gasteiger charge is 2.16. The normalized spacial score (nSPS) is 9.84. The molecule has 0 radical (unpaired) electrons. The Kier molecular flexibility index (Phi) is 12.5. The molecule has 9 nitrogen and oxygen atoms in total. The maximum atomic E-state index is 12.7. The number of rotatable bonds is 5. The zero-order valence-electron chi connectivity index (χ0n) is 18.5. The number of nitrogen functional groups attached to an aromatic ring is 1. The van der Waals surface area contributed by atoms with E-state index in [9.17, 15) is 32.3 Å². The largest absolute Gasteiger partial charge is 0.481 e. The van der Waals surface area contributed by atoms with E-state index in [1.807, 2.05) is 22.6 Å². The van der Waals surface area contributed by atoms with Crippen LogP contribution < -0.4 is 5.73 Å². The molecule has 0 aliphatic carbocycles. The van der Waals surface area contributed by atoms with Crippen molar-refractivity contribution in [2.45, 2.75) is 6.42 Å². The molecule has 3 aromatic rings. The monoisotopic (exact) mass is 731 g/mol. The van der Waals surface area contributed by atoms with Crippen LogP contribution in [-0.4, -0.2) is 44.3 Å². The molecule has 0 aliphatic heterocycles. The van der Waals surface area contributed by atoms with Crippen LogP contribution in [0.3, 0.4) is 0 Å². The average Bonchev–Trinajstić information content (AvgIpc) is 2.79. The average molecular weight is 733 g/mol. The summed E-state index contributed by atoms with van der Waals surface area (Å²) >= 11 is 10.7. The fraction of sp³-hybridized carbons (Fsp3) is 0.0435. The van der Waals surface area contributed by atoms with E-state index in [0.29, 0.717) is 16.6 Å². The van der Waals surface area contributed by atoms with E-state index in [1.165, 1.54) is 24.3 Å². The van der Waals surface area contributed by atoms with E-state index in [4.69, 9.17) is 37.8 Å². The summed E-state index contributed by atoms with van der Waals surface area (Å²) < 4.78 is 39.2. The second-order valence-electron chi connectivity index (χ2n) is 6.85. The molecule has 0 spiro atoms. The molecule has 0 fully saturated rings. The summed E-state index contributed by atoms with van der Waals surface area (Å²) in [7, 11) is 0. The lowest BCUT2D eigenvalue weighted by molar-refractivity contribution is -0.136. The third kappa shape index (κ3) is 9.50. The first-order chi connectivity index (χ1) is 17.6. The van der Waals surface area contributed by atoms with Crippen LogP contribution in [-0.2, 0) is 11.2 Å². The molecular formula is C23H15BrClF3INO8. The van der Waals surface area contributed by atoms with Gasteiger partial charge in [-0.2, -0.15) is 0 Å². The predicted octanol–water partition coefficient (Wildman–Crippen LogP) is 5.80. The Hall–Kier alpha value is -3.37. The molecular weight excluding hydrogens is 718 g/mol. The predicted molar refractivity (Wildman–Crippen MR) is 141 cm³/mol. The fourth-order valence-electron chi connectivity index (χ4n) is 2.52. The minimum atomic E-state index is -1.37. The van der Waals surface area contributed by atoms with Crippen molar-refractivity contribution in [3.05, 3.63) is 95.2 Å². The van der Waals surface area contributed by atoms with Gasteiger partial charge in [0.15, 0.2) is 0 Å². The molecule has 0 heterocycles. The van der Waals surface area contributed by atoms with Crippen molar-refractivity contribution in [3.8, 4) is 0 Å². The first kappa shape index (κ1) is 32.7. The zero-order chi connectivity index (χ0) is 29.3. The first-order valence-corrected chi connectivity index (χ1v) is 11.9. The van der Waals surface area contributed by atoms with Crippen LogP contribution >= 0.6 is 50.1 Å². The van der Waals surface area contributed by atoms with Gasteiger partial charge in [-0.15, -0.1) is 0 Å². The van der Waals surface area contributed by atoms with Crippen LogP contribution in [0.4, 0.5) is 18.9 Å². The first-order valence-electron chi connectivity index (χ1n) is 9.64. The molecule has 0 aliphatic rings. The van der Waals surface area contributed by atoms with E-state index in [-0.39, 0.29) is 27.4 Å². The minimum absolute atomic E-state index is 0.133. The Bertz CT molecular complexity index is 1350. The van der Waals surface area contributed by atoms with Crippen LogP contribution in [0.25, 0.3) is 0 Å². The summed E-state index contributed by atoms with van der Waals surface area (Å²) in [5, 5.41) is 33.9. The second kappa shape index (κ2) is 14.5. The number of aliphatic carboxylic acids is 1. The molecule has 202 valence electrons. The Labute approximate surface area is 238 Å². The lowest BCUT2D eigenvalue weighted by atomic mass is 10.1. The SMILES string of the molecule is Nc1c(Br)cc(I)cc1C(=O)O.O=C(O)Cc1c(F)cc(F)cc1F.O=C(O)c1cccc(C(=O)O)c1Cl. The standard InChI is InChI=1S/C8H5ClO4.C8H5F3O2.C7H5BrINO2/c9-6-4(7(10)11)2-1-3-5(6)8(12)13;9-4-1-6(10)5(3-8(12)13)7(11)2-4;8-5-2-3(9)1-4(6(5)10)7(11)12/h1-3H,(H,10,11)(H,12,13);1-2H,3H2,(H,12,13);1-2H,10H2,(H,11,12). The van der Waals surface area contributed by atoms with Crippen LogP contribution in [0.1, 0.15) is 36.6 Å². The lowest BCUT2D eigenvalue weighted by Crippen LogP contribution is -2.05. The van der Waals surface area contributed by atoms with Gasteiger partial charge in [-0.05, 0) is 62.8 Å². The Morgan fingerprint density at radius 3 is 1.68 bits per heavy atom. The van der Waals surface area contributed by atoms with Gasteiger partial charge in [0.1, 0.15) is 17.5 Å². The maximum Gasteiger partial charge on any atom is 0.337 e. The van der Waals surface area contributed by atoms with Gasteiger partial charge >= 0.3 is 23.9 Å². The summed E-state index contributed by atoms with van der Waals surface area (Å²) in [6.45, 7) is 0.